The molecule has 0 radical (unpaired) electrons. The average Bonchev–Trinajstić information content (AvgIpc) is 2.42. The van der Waals surface area contributed by atoms with Crippen LogP contribution in [0.3, 0.4) is 0 Å². The molecular weight excluding hydrogens is 263 g/mol. The molecule has 1 N–H and O–H groups in total. The van der Waals surface area contributed by atoms with Crippen molar-refractivity contribution < 1.29 is 14.4 Å². The molecule has 0 aromatic heterocycles. The number of nitrogens with zero attached hydrogens (tertiary/aromatic N) is 1. The van der Waals surface area contributed by atoms with E-state index in [2.05, 4.69) is 5.32 Å². The van der Waals surface area contributed by atoms with Crippen LogP contribution in [0.1, 0.15) is 5.56 Å². The van der Waals surface area contributed by atoms with Crippen LogP contribution < -0.4 is 10.4 Å². The zero-order chi connectivity index (χ0) is 14.5. The zero-order valence-corrected chi connectivity index (χ0v) is 10.5. The van der Waals surface area contributed by atoms with Gasteiger partial charge in [-0.3, -0.25) is 10.1 Å². The molecule has 0 heterocycles. The minimum Gasteiger partial charge on any atom is -0.854 e. The number of hydrogen-bond acceptors (Lipinski definition) is 4. The molecule has 0 fully saturated rings. The van der Waals surface area contributed by atoms with Crippen LogP contribution in [0.4, 0.5) is 21.5 Å². The van der Waals surface area contributed by atoms with Gasteiger partial charge in [0.05, 0.1) is 4.92 Å². The molecule has 6 heteroatoms. The maximum atomic E-state index is 12.8. The molecule has 0 saturated carbocycles. The first-order valence-electron chi connectivity index (χ1n) is 5.98. The van der Waals surface area contributed by atoms with Crippen LogP contribution in [0.2, 0.25) is 0 Å². The van der Waals surface area contributed by atoms with E-state index in [1.165, 1.54) is 30.3 Å². The van der Waals surface area contributed by atoms with E-state index in [0.717, 1.165) is 5.56 Å². The van der Waals surface area contributed by atoms with Gasteiger partial charge in [-0.15, -0.1) is 6.61 Å². The molecule has 104 valence electrons. The van der Waals surface area contributed by atoms with E-state index < -0.39 is 4.92 Å². The quantitative estimate of drug-likeness (QED) is 0.671. The second-order valence-corrected chi connectivity index (χ2v) is 4.19. The summed E-state index contributed by atoms with van der Waals surface area (Å²) in [6.45, 7) is -0.284. The van der Waals surface area contributed by atoms with Crippen molar-refractivity contribution in [2.24, 2.45) is 0 Å². The molecule has 0 spiro atoms. The molecule has 0 unspecified atom stereocenters. The van der Waals surface area contributed by atoms with Crippen molar-refractivity contribution in [3.8, 4) is 0 Å². The van der Waals surface area contributed by atoms with Gasteiger partial charge in [-0.1, -0.05) is 6.07 Å². The van der Waals surface area contributed by atoms with Crippen molar-refractivity contribution in [1.29, 1.82) is 0 Å². The third-order valence-corrected chi connectivity index (χ3v) is 2.77. The SMILES string of the molecule is O=[N+]([O-])c1ccc(CC[O-])cc1Nc1ccc(F)cc1. The summed E-state index contributed by atoms with van der Waals surface area (Å²) in [7, 11) is 0. The Morgan fingerprint density at radius 3 is 2.45 bits per heavy atom. The molecule has 0 amide bonds. The summed E-state index contributed by atoms with van der Waals surface area (Å²) in [5.41, 5.74) is 1.44. The molecule has 5 nitrogen and oxygen atoms in total. The molecule has 0 aliphatic carbocycles. The van der Waals surface area contributed by atoms with Crippen molar-refractivity contribution in [1.82, 2.24) is 0 Å². The van der Waals surface area contributed by atoms with E-state index in [9.17, 15) is 19.6 Å². The Hall–Kier alpha value is -2.47. The van der Waals surface area contributed by atoms with Crippen LogP contribution in [0, 0.1) is 15.9 Å². The maximum Gasteiger partial charge on any atom is 0.292 e. The average molecular weight is 275 g/mol. The number of anilines is 2. The van der Waals surface area contributed by atoms with Crippen LogP contribution >= 0.6 is 0 Å². The molecule has 0 saturated heterocycles. The number of rotatable bonds is 5. The highest BCUT2D eigenvalue weighted by atomic mass is 19.1. The highest BCUT2D eigenvalue weighted by Crippen LogP contribution is 2.28. The Balaban J connectivity index is 2.34. The molecular formula is C14H12FN2O3-. The van der Waals surface area contributed by atoms with Crippen LogP contribution in [0.25, 0.3) is 0 Å². The summed E-state index contributed by atoms with van der Waals surface area (Å²) >= 11 is 0. The minimum absolute atomic E-state index is 0.0935. The summed E-state index contributed by atoms with van der Waals surface area (Å²) in [4.78, 5) is 10.5. The lowest BCUT2D eigenvalue weighted by molar-refractivity contribution is -0.384. The third-order valence-electron chi connectivity index (χ3n) is 2.77. The Morgan fingerprint density at radius 2 is 1.85 bits per heavy atom. The van der Waals surface area contributed by atoms with Crippen LogP contribution in [0.15, 0.2) is 42.5 Å². The summed E-state index contributed by atoms with van der Waals surface area (Å²) in [6, 6.07) is 9.98. The highest BCUT2D eigenvalue weighted by Gasteiger charge is 2.14. The number of nitro benzene ring substituents is 1. The first kappa shape index (κ1) is 14.0. The van der Waals surface area contributed by atoms with E-state index in [0.29, 0.717) is 12.1 Å². The minimum atomic E-state index is -0.507. The number of halogens is 1. The van der Waals surface area contributed by atoms with Gasteiger partial charge in [-0.05, 0) is 42.3 Å². The van der Waals surface area contributed by atoms with Crippen molar-refractivity contribution in [3.63, 3.8) is 0 Å². The van der Waals surface area contributed by atoms with Crippen molar-refractivity contribution in [2.75, 3.05) is 11.9 Å². The lowest BCUT2D eigenvalue weighted by atomic mass is 10.1. The Morgan fingerprint density at radius 1 is 1.15 bits per heavy atom. The number of hydrogen-bond donors (Lipinski definition) is 1. The molecule has 2 aromatic carbocycles. The summed E-state index contributed by atoms with van der Waals surface area (Å²) in [5, 5.41) is 24.5. The second-order valence-electron chi connectivity index (χ2n) is 4.19. The van der Waals surface area contributed by atoms with Crippen molar-refractivity contribution >= 4 is 17.1 Å². The van der Waals surface area contributed by atoms with Gasteiger partial charge >= 0.3 is 0 Å². The fourth-order valence-electron chi connectivity index (χ4n) is 1.80. The van der Waals surface area contributed by atoms with Gasteiger partial charge in [0.2, 0.25) is 0 Å². The predicted octanol–water partition coefficient (Wildman–Crippen LogP) is 2.38. The number of benzene rings is 2. The summed E-state index contributed by atoms with van der Waals surface area (Å²) < 4.78 is 12.8. The van der Waals surface area contributed by atoms with Gasteiger partial charge in [0.25, 0.3) is 5.69 Å². The monoisotopic (exact) mass is 275 g/mol. The lowest BCUT2D eigenvalue weighted by Gasteiger charge is -2.10. The van der Waals surface area contributed by atoms with Gasteiger partial charge in [0, 0.05) is 11.8 Å². The van der Waals surface area contributed by atoms with Gasteiger partial charge in [0.15, 0.2) is 0 Å². The normalized spacial score (nSPS) is 10.3. The fourth-order valence-corrected chi connectivity index (χ4v) is 1.80. The molecule has 0 atom stereocenters. The van der Waals surface area contributed by atoms with Crippen molar-refractivity contribution in [2.45, 2.75) is 6.42 Å². The van der Waals surface area contributed by atoms with Gasteiger partial charge in [0.1, 0.15) is 11.5 Å². The van der Waals surface area contributed by atoms with Crippen LogP contribution in [0.5, 0.6) is 0 Å². The summed E-state index contributed by atoms with van der Waals surface area (Å²) in [5.74, 6) is -0.384. The predicted molar refractivity (Wildman–Crippen MR) is 71.4 cm³/mol. The Labute approximate surface area is 114 Å². The van der Waals surface area contributed by atoms with E-state index in [4.69, 9.17) is 0 Å². The van der Waals surface area contributed by atoms with Gasteiger partial charge < -0.3 is 10.4 Å². The van der Waals surface area contributed by atoms with E-state index >= 15 is 0 Å². The van der Waals surface area contributed by atoms with E-state index in [1.54, 1.807) is 12.1 Å². The molecule has 0 bridgehead atoms. The Bertz CT molecular complexity index is 614. The first-order valence-corrected chi connectivity index (χ1v) is 5.98. The fraction of sp³-hybridized carbons (Fsp3) is 0.143. The van der Waals surface area contributed by atoms with Crippen LogP contribution in [-0.2, 0) is 6.42 Å². The lowest BCUT2D eigenvalue weighted by Crippen LogP contribution is -2.08. The second kappa shape index (κ2) is 6.12. The van der Waals surface area contributed by atoms with E-state index in [-0.39, 0.29) is 23.8 Å². The number of nitrogens with one attached hydrogen (secondary N) is 1. The van der Waals surface area contributed by atoms with Crippen LogP contribution in [-0.4, -0.2) is 11.5 Å². The Kier molecular flexibility index (Phi) is 4.27. The standard InChI is InChI=1S/C14H12FN2O3/c15-11-2-4-12(5-3-11)16-13-9-10(7-8-18)1-6-14(13)17(19)20/h1-6,9,16H,7-8H2/q-1. The highest BCUT2D eigenvalue weighted by molar-refractivity contribution is 5.70. The van der Waals surface area contributed by atoms with Crippen molar-refractivity contribution in [3.05, 3.63) is 64.0 Å². The molecule has 20 heavy (non-hydrogen) atoms. The zero-order valence-electron chi connectivity index (χ0n) is 10.5. The molecule has 2 rings (SSSR count). The largest absolute Gasteiger partial charge is 0.854 e. The third kappa shape index (κ3) is 3.30. The summed E-state index contributed by atoms with van der Waals surface area (Å²) in [6.07, 6.45) is 0.302. The first-order chi connectivity index (χ1) is 9.60. The van der Waals surface area contributed by atoms with Gasteiger partial charge in [-0.2, -0.15) is 0 Å². The molecule has 2 aromatic rings. The molecule has 0 aliphatic heterocycles. The maximum absolute atomic E-state index is 12.8. The topological polar surface area (TPSA) is 78.2 Å². The van der Waals surface area contributed by atoms with E-state index in [1.807, 2.05) is 0 Å². The smallest absolute Gasteiger partial charge is 0.292 e. The molecule has 0 aliphatic rings. The number of nitro groups is 1. The van der Waals surface area contributed by atoms with Gasteiger partial charge in [-0.25, -0.2) is 4.39 Å².